The molecule has 6 heteroatoms. The van der Waals surface area contributed by atoms with E-state index in [1.165, 1.54) is 6.20 Å². The van der Waals surface area contributed by atoms with Crippen molar-refractivity contribution in [1.29, 1.82) is 0 Å². The third-order valence-corrected chi connectivity index (χ3v) is 2.86. The number of para-hydroxylation sites is 1. The highest BCUT2D eigenvalue weighted by molar-refractivity contribution is 6.08. The topological polar surface area (TPSA) is 94.3 Å². The maximum atomic E-state index is 12.3. The van der Waals surface area contributed by atoms with Crippen molar-refractivity contribution < 1.29 is 14.3 Å². The Morgan fingerprint density at radius 2 is 2.00 bits per heavy atom. The van der Waals surface area contributed by atoms with Crippen LogP contribution in [-0.4, -0.2) is 29.0 Å². The molecule has 3 N–H and O–H groups in total. The van der Waals surface area contributed by atoms with Crippen molar-refractivity contribution in [3.63, 3.8) is 0 Å². The first kappa shape index (κ1) is 15.8. The van der Waals surface area contributed by atoms with Crippen LogP contribution < -0.4 is 11.1 Å². The number of pyridine rings is 1. The van der Waals surface area contributed by atoms with Crippen molar-refractivity contribution in [2.24, 2.45) is 0 Å². The highest BCUT2D eigenvalue weighted by Gasteiger charge is 2.18. The summed E-state index contributed by atoms with van der Waals surface area (Å²) < 4.78 is 5.14. The van der Waals surface area contributed by atoms with E-state index in [1.807, 2.05) is 0 Å². The third kappa shape index (κ3) is 3.72. The number of esters is 1. The van der Waals surface area contributed by atoms with Crippen molar-refractivity contribution in [2.75, 3.05) is 12.3 Å². The van der Waals surface area contributed by atoms with E-state index < -0.39 is 11.6 Å². The van der Waals surface area contributed by atoms with Gasteiger partial charge in [0.05, 0.1) is 16.8 Å². The number of rotatable bonds is 3. The molecule has 2 rings (SSSR count). The van der Waals surface area contributed by atoms with Crippen molar-refractivity contribution in [3.05, 3.63) is 36.0 Å². The molecule has 0 unspecified atom stereocenters. The van der Waals surface area contributed by atoms with Crippen LogP contribution in [0.3, 0.4) is 0 Å². The van der Waals surface area contributed by atoms with E-state index in [4.69, 9.17) is 10.5 Å². The van der Waals surface area contributed by atoms with Crippen LogP contribution in [0.5, 0.6) is 0 Å². The molecular weight excluding hydrogens is 282 g/mol. The van der Waals surface area contributed by atoms with E-state index in [0.29, 0.717) is 22.2 Å². The number of nitrogens with one attached hydrogen (secondary N) is 1. The first-order chi connectivity index (χ1) is 10.3. The molecule has 22 heavy (non-hydrogen) atoms. The van der Waals surface area contributed by atoms with Gasteiger partial charge in [0.25, 0.3) is 5.91 Å². The van der Waals surface area contributed by atoms with Crippen LogP contribution in [0.1, 0.15) is 31.1 Å². The summed E-state index contributed by atoms with van der Waals surface area (Å²) in [5, 5.41) is 3.19. The third-order valence-electron chi connectivity index (χ3n) is 2.86. The van der Waals surface area contributed by atoms with E-state index in [9.17, 15) is 9.59 Å². The number of hydrogen-bond acceptors (Lipinski definition) is 5. The SMILES string of the molecule is CC(C)(C)OC(=O)CNC(=O)c1ccnc2c(N)cccc12. The minimum Gasteiger partial charge on any atom is -0.459 e. The standard InChI is InChI=1S/C16H19N3O3/c1-16(2,3)22-13(20)9-19-15(21)11-7-8-18-14-10(11)5-4-6-12(14)17/h4-8H,9,17H2,1-3H3,(H,19,21). The van der Waals surface area contributed by atoms with Gasteiger partial charge >= 0.3 is 5.97 Å². The number of amides is 1. The zero-order valence-electron chi connectivity index (χ0n) is 12.8. The summed E-state index contributed by atoms with van der Waals surface area (Å²) in [5.41, 5.74) is 6.74. The van der Waals surface area contributed by atoms with Crippen molar-refractivity contribution in [3.8, 4) is 0 Å². The number of aromatic nitrogens is 1. The maximum absolute atomic E-state index is 12.3. The second-order valence-corrected chi connectivity index (χ2v) is 5.87. The molecule has 1 aromatic carbocycles. The normalized spacial score (nSPS) is 11.2. The predicted octanol–water partition coefficient (Wildman–Crippen LogP) is 1.89. The molecule has 0 aliphatic rings. The van der Waals surface area contributed by atoms with E-state index in [1.54, 1.807) is 45.0 Å². The molecular formula is C16H19N3O3. The zero-order chi connectivity index (χ0) is 16.3. The van der Waals surface area contributed by atoms with Gasteiger partial charge in [-0.1, -0.05) is 12.1 Å². The first-order valence-electron chi connectivity index (χ1n) is 6.91. The van der Waals surface area contributed by atoms with Crippen LogP contribution in [0.25, 0.3) is 10.9 Å². The molecule has 0 saturated heterocycles. The Morgan fingerprint density at radius 3 is 2.68 bits per heavy atom. The Hall–Kier alpha value is -2.63. The van der Waals surface area contributed by atoms with Gasteiger partial charge in [0.1, 0.15) is 12.1 Å². The number of ether oxygens (including phenoxy) is 1. The van der Waals surface area contributed by atoms with Crippen LogP contribution in [0, 0.1) is 0 Å². The summed E-state index contributed by atoms with van der Waals surface area (Å²) >= 11 is 0. The maximum Gasteiger partial charge on any atom is 0.325 e. The number of fused-ring (bicyclic) bond motifs is 1. The lowest BCUT2D eigenvalue weighted by Crippen LogP contribution is -2.34. The molecule has 116 valence electrons. The van der Waals surface area contributed by atoms with E-state index in [0.717, 1.165) is 0 Å². The molecule has 0 radical (unpaired) electrons. The molecule has 0 atom stereocenters. The smallest absolute Gasteiger partial charge is 0.325 e. The minimum atomic E-state index is -0.584. The number of hydrogen-bond donors (Lipinski definition) is 2. The molecule has 0 aliphatic heterocycles. The summed E-state index contributed by atoms with van der Waals surface area (Å²) in [7, 11) is 0. The molecule has 0 saturated carbocycles. The molecule has 6 nitrogen and oxygen atoms in total. The zero-order valence-corrected chi connectivity index (χ0v) is 12.8. The molecule has 0 bridgehead atoms. The highest BCUT2D eigenvalue weighted by atomic mass is 16.6. The Balaban J connectivity index is 2.14. The van der Waals surface area contributed by atoms with Gasteiger partial charge in [-0.05, 0) is 32.9 Å². The molecule has 0 aliphatic carbocycles. The van der Waals surface area contributed by atoms with Crippen LogP contribution in [-0.2, 0) is 9.53 Å². The summed E-state index contributed by atoms with van der Waals surface area (Å²) in [4.78, 5) is 28.1. The molecule has 2 aromatic rings. The van der Waals surface area contributed by atoms with Crippen molar-refractivity contribution in [1.82, 2.24) is 10.3 Å². The molecule has 0 fully saturated rings. The Bertz CT molecular complexity index is 720. The molecule has 0 spiro atoms. The fraction of sp³-hybridized carbons (Fsp3) is 0.312. The average Bonchev–Trinajstić information content (AvgIpc) is 2.43. The number of nitrogens with zero attached hydrogens (tertiary/aromatic N) is 1. The summed E-state index contributed by atoms with van der Waals surface area (Å²) in [5.74, 6) is -0.859. The average molecular weight is 301 g/mol. The number of benzene rings is 1. The first-order valence-corrected chi connectivity index (χ1v) is 6.91. The molecule has 1 heterocycles. The fourth-order valence-electron chi connectivity index (χ4n) is 2.02. The van der Waals surface area contributed by atoms with Crippen molar-refractivity contribution >= 4 is 28.5 Å². The van der Waals surface area contributed by atoms with Crippen LogP contribution in [0.15, 0.2) is 30.5 Å². The number of nitrogens with two attached hydrogens (primary N) is 1. The van der Waals surface area contributed by atoms with Gasteiger partial charge in [0, 0.05) is 11.6 Å². The van der Waals surface area contributed by atoms with Crippen molar-refractivity contribution in [2.45, 2.75) is 26.4 Å². The Morgan fingerprint density at radius 1 is 1.27 bits per heavy atom. The summed E-state index contributed by atoms with van der Waals surface area (Å²) in [6, 6.07) is 6.83. The number of anilines is 1. The largest absolute Gasteiger partial charge is 0.459 e. The lowest BCUT2D eigenvalue weighted by atomic mass is 10.1. The minimum absolute atomic E-state index is 0.192. The van der Waals surface area contributed by atoms with Gasteiger partial charge in [0.15, 0.2) is 0 Å². The lowest BCUT2D eigenvalue weighted by molar-refractivity contribution is -0.153. The molecule has 1 aromatic heterocycles. The van der Waals surface area contributed by atoms with Gasteiger partial charge in [-0.25, -0.2) is 0 Å². The van der Waals surface area contributed by atoms with E-state index in [-0.39, 0.29) is 12.5 Å². The van der Waals surface area contributed by atoms with Crippen LogP contribution in [0.4, 0.5) is 5.69 Å². The summed E-state index contributed by atoms with van der Waals surface area (Å²) in [6.45, 7) is 5.12. The lowest BCUT2D eigenvalue weighted by Gasteiger charge is -2.19. The van der Waals surface area contributed by atoms with Gasteiger partial charge in [-0.2, -0.15) is 0 Å². The van der Waals surface area contributed by atoms with Crippen LogP contribution >= 0.6 is 0 Å². The number of carbonyl (C=O) groups excluding carboxylic acids is 2. The molecule has 1 amide bonds. The quantitative estimate of drug-likeness (QED) is 0.667. The van der Waals surface area contributed by atoms with Gasteiger partial charge in [-0.15, -0.1) is 0 Å². The summed E-state index contributed by atoms with van der Waals surface area (Å²) in [6.07, 6.45) is 1.51. The van der Waals surface area contributed by atoms with Crippen LogP contribution in [0.2, 0.25) is 0 Å². The fourth-order valence-corrected chi connectivity index (χ4v) is 2.02. The van der Waals surface area contributed by atoms with Gasteiger partial charge in [0.2, 0.25) is 0 Å². The number of nitrogen functional groups attached to an aromatic ring is 1. The monoisotopic (exact) mass is 301 g/mol. The van der Waals surface area contributed by atoms with Gasteiger partial charge in [-0.3, -0.25) is 14.6 Å². The Kier molecular flexibility index (Phi) is 4.30. The predicted molar refractivity (Wildman–Crippen MR) is 84.3 cm³/mol. The van der Waals surface area contributed by atoms with Gasteiger partial charge < -0.3 is 15.8 Å². The number of carbonyl (C=O) groups is 2. The highest BCUT2D eigenvalue weighted by Crippen LogP contribution is 2.21. The second-order valence-electron chi connectivity index (χ2n) is 5.87. The second kappa shape index (κ2) is 6.01. The van der Waals surface area contributed by atoms with E-state index in [2.05, 4.69) is 10.3 Å². The Labute approximate surface area is 128 Å². The van der Waals surface area contributed by atoms with E-state index >= 15 is 0 Å².